The number of nitrogens with zero attached hydrogens (tertiary/aromatic N) is 1. The van der Waals surface area contributed by atoms with Gasteiger partial charge in [-0.25, -0.2) is 0 Å². The maximum absolute atomic E-state index is 10.4. The van der Waals surface area contributed by atoms with Crippen molar-refractivity contribution in [2.24, 2.45) is 0 Å². The van der Waals surface area contributed by atoms with Gasteiger partial charge >= 0.3 is 0 Å². The molecule has 1 aromatic heterocycles. The molecular weight excluding hydrogens is 202 g/mol. The van der Waals surface area contributed by atoms with E-state index in [0.29, 0.717) is 12.8 Å². The number of pyridine rings is 1. The van der Waals surface area contributed by atoms with Crippen molar-refractivity contribution in [3.8, 4) is 0 Å². The third-order valence-electron chi connectivity index (χ3n) is 1.93. The molecule has 1 heterocycles. The van der Waals surface area contributed by atoms with E-state index < -0.39 is 10.1 Å². The van der Waals surface area contributed by atoms with E-state index in [1.807, 2.05) is 19.1 Å². The lowest BCUT2D eigenvalue weighted by Gasteiger charge is -2.02. The highest BCUT2D eigenvalue weighted by molar-refractivity contribution is 7.85. The third-order valence-corrected chi connectivity index (χ3v) is 2.74. The van der Waals surface area contributed by atoms with Crippen LogP contribution in [0.25, 0.3) is 0 Å². The standard InChI is InChI=1S/C9H13NO3S/c1-8-4-2-6-10-9(8)5-3-7-14(11,12)13/h2,4,6H,3,5,7H2,1H3,(H,11,12,13). The Morgan fingerprint density at radius 2 is 2.21 bits per heavy atom. The Hall–Kier alpha value is -0.940. The minimum Gasteiger partial charge on any atom is -0.286 e. The van der Waals surface area contributed by atoms with Crippen LogP contribution in [0.2, 0.25) is 0 Å². The van der Waals surface area contributed by atoms with E-state index in [2.05, 4.69) is 4.98 Å². The zero-order chi connectivity index (χ0) is 10.6. The van der Waals surface area contributed by atoms with E-state index in [9.17, 15) is 8.42 Å². The van der Waals surface area contributed by atoms with Crippen LogP contribution in [0, 0.1) is 6.92 Å². The fraction of sp³-hybridized carbons (Fsp3) is 0.444. The minimum atomic E-state index is -3.83. The van der Waals surface area contributed by atoms with Gasteiger partial charge in [0.2, 0.25) is 0 Å². The highest BCUT2D eigenvalue weighted by atomic mass is 32.2. The molecule has 1 N–H and O–H groups in total. The first-order chi connectivity index (χ1) is 6.49. The molecule has 1 aromatic rings. The first kappa shape index (κ1) is 11.1. The van der Waals surface area contributed by atoms with Gasteiger partial charge in [-0.15, -0.1) is 0 Å². The van der Waals surface area contributed by atoms with Gasteiger partial charge in [0.25, 0.3) is 10.1 Å². The zero-order valence-corrected chi connectivity index (χ0v) is 8.79. The Bertz CT molecular complexity index is 400. The topological polar surface area (TPSA) is 67.3 Å². The summed E-state index contributed by atoms with van der Waals surface area (Å²) in [6.45, 7) is 1.93. The second-order valence-corrected chi connectivity index (χ2v) is 4.73. The SMILES string of the molecule is Cc1cccnc1CCCS(=O)(=O)O. The van der Waals surface area contributed by atoms with Crippen LogP contribution in [0.15, 0.2) is 18.3 Å². The van der Waals surface area contributed by atoms with Gasteiger partial charge < -0.3 is 0 Å². The lowest BCUT2D eigenvalue weighted by atomic mass is 10.1. The lowest BCUT2D eigenvalue weighted by Crippen LogP contribution is -2.05. The summed E-state index contributed by atoms with van der Waals surface area (Å²) in [5, 5.41) is 0. The molecule has 0 aliphatic heterocycles. The highest BCUT2D eigenvalue weighted by Gasteiger charge is 2.05. The summed E-state index contributed by atoms with van der Waals surface area (Å²) < 4.78 is 29.4. The summed E-state index contributed by atoms with van der Waals surface area (Å²) in [6, 6.07) is 3.76. The average Bonchev–Trinajstić information content (AvgIpc) is 2.06. The molecule has 0 spiro atoms. The van der Waals surface area contributed by atoms with Gasteiger partial charge in [0.1, 0.15) is 0 Å². The van der Waals surface area contributed by atoms with E-state index in [4.69, 9.17) is 4.55 Å². The van der Waals surface area contributed by atoms with Crippen LogP contribution in [0.3, 0.4) is 0 Å². The summed E-state index contributed by atoms with van der Waals surface area (Å²) in [7, 11) is -3.83. The van der Waals surface area contributed by atoms with Gasteiger partial charge in [0.05, 0.1) is 5.75 Å². The molecule has 78 valence electrons. The van der Waals surface area contributed by atoms with Crippen molar-refractivity contribution in [2.75, 3.05) is 5.75 Å². The lowest BCUT2D eigenvalue weighted by molar-refractivity contribution is 0.481. The van der Waals surface area contributed by atoms with E-state index in [-0.39, 0.29) is 5.75 Å². The van der Waals surface area contributed by atoms with E-state index >= 15 is 0 Å². The predicted octanol–water partition coefficient (Wildman–Crippen LogP) is 1.21. The fourth-order valence-corrected chi connectivity index (χ4v) is 1.71. The van der Waals surface area contributed by atoms with Crippen molar-refractivity contribution in [3.05, 3.63) is 29.6 Å². The van der Waals surface area contributed by atoms with Crippen LogP contribution in [-0.2, 0) is 16.5 Å². The van der Waals surface area contributed by atoms with Gasteiger partial charge in [-0.3, -0.25) is 9.54 Å². The maximum Gasteiger partial charge on any atom is 0.264 e. The van der Waals surface area contributed by atoms with E-state index in [1.165, 1.54) is 0 Å². The number of aromatic nitrogens is 1. The Morgan fingerprint density at radius 3 is 2.79 bits per heavy atom. The van der Waals surface area contributed by atoms with Crippen LogP contribution in [0.1, 0.15) is 17.7 Å². The third kappa shape index (κ3) is 3.85. The molecule has 0 unspecified atom stereocenters. The zero-order valence-electron chi connectivity index (χ0n) is 7.97. The molecule has 0 bridgehead atoms. The Kier molecular flexibility index (Phi) is 3.60. The smallest absolute Gasteiger partial charge is 0.264 e. The van der Waals surface area contributed by atoms with E-state index in [0.717, 1.165) is 11.3 Å². The molecule has 1 rings (SSSR count). The van der Waals surface area contributed by atoms with Gasteiger partial charge in [0, 0.05) is 11.9 Å². The molecule has 14 heavy (non-hydrogen) atoms. The monoisotopic (exact) mass is 215 g/mol. The van der Waals surface area contributed by atoms with Crippen LogP contribution >= 0.6 is 0 Å². The normalized spacial score (nSPS) is 11.6. The summed E-state index contributed by atoms with van der Waals surface area (Å²) in [6.07, 6.45) is 2.65. The molecule has 0 aliphatic carbocycles. The Labute approximate surface area is 83.7 Å². The molecule has 0 aliphatic rings. The highest BCUT2D eigenvalue weighted by Crippen LogP contribution is 2.06. The summed E-state index contributed by atoms with van der Waals surface area (Å²) in [5.41, 5.74) is 1.93. The van der Waals surface area contributed by atoms with Crippen molar-refractivity contribution in [2.45, 2.75) is 19.8 Å². The van der Waals surface area contributed by atoms with E-state index in [1.54, 1.807) is 6.20 Å². The fourth-order valence-electron chi connectivity index (χ4n) is 1.20. The van der Waals surface area contributed by atoms with Crippen LogP contribution < -0.4 is 0 Å². The van der Waals surface area contributed by atoms with Crippen molar-refractivity contribution in [1.82, 2.24) is 4.98 Å². The minimum absolute atomic E-state index is 0.205. The maximum atomic E-state index is 10.4. The number of rotatable bonds is 4. The molecular formula is C9H13NO3S. The molecule has 0 saturated heterocycles. The Morgan fingerprint density at radius 1 is 1.50 bits per heavy atom. The Balaban J connectivity index is 2.51. The number of hydrogen-bond donors (Lipinski definition) is 1. The van der Waals surface area contributed by atoms with Crippen molar-refractivity contribution < 1.29 is 13.0 Å². The van der Waals surface area contributed by atoms with Crippen LogP contribution in [0.5, 0.6) is 0 Å². The molecule has 0 saturated carbocycles. The first-order valence-electron chi connectivity index (χ1n) is 4.35. The van der Waals surface area contributed by atoms with Gasteiger partial charge in [-0.2, -0.15) is 8.42 Å². The molecule has 0 atom stereocenters. The molecule has 5 heteroatoms. The molecule has 0 amide bonds. The van der Waals surface area contributed by atoms with Crippen LogP contribution in [-0.4, -0.2) is 23.7 Å². The largest absolute Gasteiger partial charge is 0.286 e. The second kappa shape index (κ2) is 4.52. The van der Waals surface area contributed by atoms with Crippen LogP contribution in [0.4, 0.5) is 0 Å². The predicted molar refractivity (Wildman–Crippen MR) is 53.7 cm³/mol. The van der Waals surface area contributed by atoms with Crippen molar-refractivity contribution in [1.29, 1.82) is 0 Å². The first-order valence-corrected chi connectivity index (χ1v) is 5.95. The van der Waals surface area contributed by atoms with Gasteiger partial charge in [0.15, 0.2) is 0 Å². The molecule has 4 nitrogen and oxygen atoms in total. The number of hydrogen-bond acceptors (Lipinski definition) is 3. The van der Waals surface area contributed by atoms with Crippen molar-refractivity contribution in [3.63, 3.8) is 0 Å². The summed E-state index contributed by atoms with van der Waals surface area (Å²) in [5.74, 6) is -0.205. The van der Waals surface area contributed by atoms with Crippen molar-refractivity contribution >= 4 is 10.1 Å². The molecule has 0 aromatic carbocycles. The summed E-state index contributed by atoms with van der Waals surface area (Å²) >= 11 is 0. The van der Waals surface area contributed by atoms with Gasteiger partial charge in [-0.1, -0.05) is 6.07 Å². The number of aryl methyl sites for hydroxylation is 2. The average molecular weight is 215 g/mol. The molecule has 0 fully saturated rings. The molecule has 0 radical (unpaired) electrons. The quantitative estimate of drug-likeness (QED) is 0.766. The summed E-state index contributed by atoms with van der Waals surface area (Å²) in [4.78, 5) is 4.12. The second-order valence-electron chi connectivity index (χ2n) is 3.16. The van der Waals surface area contributed by atoms with Gasteiger partial charge in [-0.05, 0) is 31.4 Å².